The minimum atomic E-state index is -0.114. The van der Waals surface area contributed by atoms with E-state index in [4.69, 9.17) is 5.73 Å². The van der Waals surface area contributed by atoms with Crippen molar-refractivity contribution in [1.82, 2.24) is 5.32 Å². The molecule has 5 aliphatic rings. The van der Waals surface area contributed by atoms with Crippen molar-refractivity contribution in [2.45, 2.75) is 44.9 Å². The third kappa shape index (κ3) is 1.70. The van der Waals surface area contributed by atoms with Crippen molar-refractivity contribution in [1.29, 1.82) is 0 Å². The summed E-state index contributed by atoms with van der Waals surface area (Å²) in [6.45, 7) is 2.27. The molecule has 5 fully saturated rings. The maximum Gasteiger partial charge on any atom is 0.223 e. The highest BCUT2D eigenvalue weighted by Crippen LogP contribution is 2.65. The van der Waals surface area contributed by atoms with Crippen molar-refractivity contribution in [2.24, 2.45) is 40.7 Å². The molecule has 0 spiro atoms. The van der Waals surface area contributed by atoms with Crippen molar-refractivity contribution in [2.75, 3.05) is 13.1 Å². The molecule has 4 aliphatic carbocycles. The van der Waals surface area contributed by atoms with Crippen LogP contribution in [0.3, 0.4) is 0 Å². The summed E-state index contributed by atoms with van der Waals surface area (Å²) in [5.74, 6) is 3.82. The average Bonchev–Trinajstić information content (AvgIpc) is 2.38. The molecule has 4 saturated carbocycles. The van der Waals surface area contributed by atoms with Crippen LogP contribution in [-0.4, -0.2) is 19.0 Å². The van der Waals surface area contributed by atoms with Gasteiger partial charge in [-0.2, -0.15) is 0 Å². The summed E-state index contributed by atoms with van der Waals surface area (Å²) in [6, 6.07) is 0. The van der Waals surface area contributed by atoms with Crippen LogP contribution < -0.4 is 11.1 Å². The lowest BCUT2D eigenvalue weighted by Crippen LogP contribution is -2.60. The van der Waals surface area contributed by atoms with Gasteiger partial charge >= 0.3 is 0 Å². The number of primary amides is 1. The molecule has 0 radical (unpaired) electrons. The highest BCUT2D eigenvalue weighted by atomic mass is 16.1. The fourth-order valence-electron chi connectivity index (χ4n) is 6.48. The van der Waals surface area contributed by atoms with E-state index < -0.39 is 0 Å². The molecule has 1 aliphatic heterocycles. The van der Waals surface area contributed by atoms with Crippen molar-refractivity contribution in [3.63, 3.8) is 0 Å². The molecule has 0 aromatic carbocycles. The number of carbonyl (C=O) groups excluding carboxylic acids is 1. The molecule has 3 heteroatoms. The number of rotatable bonds is 2. The second kappa shape index (κ2) is 4.21. The minimum absolute atomic E-state index is 0.0372. The summed E-state index contributed by atoms with van der Waals surface area (Å²) in [5.41, 5.74) is 5.82. The van der Waals surface area contributed by atoms with E-state index in [-0.39, 0.29) is 11.3 Å². The van der Waals surface area contributed by atoms with Gasteiger partial charge in [0.15, 0.2) is 0 Å². The number of hydrogen-bond donors (Lipinski definition) is 2. The van der Waals surface area contributed by atoms with Gasteiger partial charge in [-0.1, -0.05) is 0 Å². The van der Waals surface area contributed by atoms with Crippen LogP contribution in [-0.2, 0) is 4.79 Å². The summed E-state index contributed by atoms with van der Waals surface area (Å²) in [7, 11) is 0. The third-order valence-electron chi connectivity index (χ3n) is 6.77. The summed E-state index contributed by atoms with van der Waals surface area (Å²) >= 11 is 0. The summed E-state index contributed by atoms with van der Waals surface area (Å²) in [6.07, 6.45) is 8.90. The maximum atomic E-state index is 12.3. The fraction of sp³-hybridized carbons (Fsp3) is 0.938. The highest BCUT2D eigenvalue weighted by molar-refractivity contribution is 5.82. The Morgan fingerprint density at radius 2 is 1.63 bits per heavy atom. The summed E-state index contributed by atoms with van der Waals surface area (Å²) in [5, 5.41) is 3.46. The van der Waals surface area contributed by atoms with E-state index in [9.17, 15) is 4.79 Å². The fourth-order valence-corrected chi connectivity index (χ4v) is 6.48. The first-order chi connectivity index (χ1) is 9.19. The lowest BCUT2D eigenvalue weighted by Gasteiger charge is -2.62. The van der Waals surface area contributed by atoms with Gasteiger partial charge in [0.1, 0.15) is 0 Å². The van der Waals surface area contributed by atoms with Crippen LogP contribution in [0.5, 0.6) is 0 Å². The molecule has 0 aromatic heterocycles. The predicted molar refractivity (Wildman–Crippen MR) is 74.3 cm³/mol. The predicted octanol–water partition coefficient (Wildman–Crippen LogP) is 1.91. The zero-order chi connectivity index (χ0) is 13.0. The van der Waals surface area contributed by atoms with Crippen LogP contribution in [0, 0.1) is 35.0 Å². The second-order valence-electron chi connectivity index (χ2n) is 7.74. The molecule has 0 aromatic rings. The SMILES string of the molecule is NC(=O)C12CC3CC(CC(C3)C1C1CCNCC1)C2. The van der Waals surface area contributed by atoms with Gasteiger partial charge in [0, 0.05) is 0 Å². The van der Waals surface area contributed by atoms with Crippen LogP contribution in [0.4, 0.5) is 0 Å². The molecule has 19 heavy (non-hydrogen) atoms. The van der Waals surface area contributed by atoms with Gasteiger partial charge in [0.2, 0.25) is 5.91 Å². The van der Waals surface area contributed by atoms with Crippen LogP contribution >= 0.6 is 0 Å². The van der Waals surface area contributed by atoms with E-state index in [2.05, 4.69) is 5.32 Å². The molecule has 4 bridgehead atoms. The first kappa shape index (κ1) is 12.2. The van der Waals surface area contributed by atoms with E-state index in [0.717, 1.165) is 49.6 Å². The van der Waals surface area contributed by atoms with Crippen LogP contribution in [0.2, 0.25) is 0 Å². The van der Waals surface area contributed by atoms with Gasteiger partial charge in [-0.25, -0.2) is 0 Å². The third-order valence-corrected chi connectivity index (χ3v) is 6.77. The van der Waals surface area contributed by atoms with Gasteiger partial charge < -0.3 is 11.1 Å². The van der Waals surface area contributed by atoms with E-state index in [1.165, 1.54) is 32.1 Å². The molecule has 5 rings (SSSR count). The normalized spacial score (nSPS) is 49.5. The van der Waals surface area contributed by atoms with Gasteiger partial charge in [-0.3, -0.25) is 4.79 Å². The zero-order valence-corrected chi connectivity index (χ0v) is 11.7. The lowest BCUT2D eigenvalue weighted by atomic mass is 9.42. The van der Waals surface area contributed by atoms with Crippen LogP contribution in [0.1, 0.15) is 44.9 Å². The molecule has 3 atom stereocenters. The summed E-state index contributed by atoms with van der Waals surface area (Å²) in [4.78, 5) is 12.3. The standard InChI is InChI=1S/C16H26N2O/c17-15(19)16-8-10-5-11(9-16)7-13(6-10)14(16)12-1-3-18-4-2-12/h10-14,18H,1-9H2,(H2,17,19). The molecule has 1 saturated heterocycles. The Bertz CT molecular complexity index is 372. The van der Waals surface area contributed by atoms with Gasteiger partial charge in [0.05, 0.1) is 5.41 Å². The van der Waals surface area contributed by atoms with Crippen molar-refractivity contribution >= 4 is 5.91 Å². The average molecular weight is 262 g/mol. The highest BCUT2D eigenvalue weighted by Gasteiger charge is 2.61. The van der Waals surface area contributed by atoms with E-state index in [1.807, 2.05) is 0 Å². The Morgan fingerprint density at radius 3 is 2.21 bits per heavy atom. The second-order valence-corrected chi connectivity index (χ2v) is 7.74. The Balaban J connectivity index is 1.69. The molecule has 3 unspecified atom stereocenters. The number of nitrogens with two attached hydrogens (primary N) is 1. The molecule has 1 amide bonds. The molecular weight excluding hydrogens is 236 g/mol. The molecular formula is C16H26N2O. The monoisotopic (exact) mass is 262 g/mol. The Kier molecular flexibility index (Phi) is 2.70. The number of nitrogens with one attached hydrogen (secondary N) is 1. The van der Waals surface area contributed by atoms with Gasteiger partial charge in [0.25, 0.3) is 0 Å². The minimum Gasteiger partial charge on any atom is -0.369 e. The van der Waals surface area contributed by atoms with Crippen molar-refractivity contribution < 1.29 is 4.79 Å². The number of amides is 1. The zero-order valence-electron chi connectivity index (χ0n) is 11.7. The van der Waals surface area contributed by atoms with Crippen molar-refractivity contribution in [3.8, 4) is 0 Å². The topological polar surface area (TPSA) is 55.1 Å². The van der Waals surface area contributed by atoms with E-state index in [1.54, 1.807) is 0 Å². The molecule has 3 nitrogen and oxygen atoms in total. The largest absolute Gasteiger partial charge is 0.369 e. The smallest absolute Gasteiger partial charge is 0.223 e. The number of carbonyl (C=O) groups is 1. The number of hydrogen-bond acceptors (Lipinski definition) is 2. The van der Waals surface area contributed by atoms with Gasteiger partial charge in [-0.15, -0.1) is 0 Å². The Labute approximate surface area is 115 Å². The maximum absolute atomic E-state index is 12.3. The van der Waals surface area contributed by atoms with Crippen LogP contribution in [0.25, 0.3) is 0 Å². The van der Waals surface area contributed by atoms with Crippen LogP contribution in [0.15, 0.2) is 0 Å². The lowest BCUT2D eigenvalue weighted by molar-refractivity contribution is -0.165. The molecule has 106 valence electrons. The first-order valence-corrected chi connectivity index (χ1v) is 8.19. The molecule has 3 N–H and O–H groups in total. The Morgan fingerprint density at radius 1 is 1.00 bits per heavy atom. The first-order valence-electron chi connectivity index (χ1n) is 8.19. The van der Waals surface area contributed by atoms with Gasteiger partial charge in [-0.05, 0) is 87.6 Å². The van der Waals surface area contributed by atoms with E-state index >= 15 is 0 Å². The van der Waals surface area contributed by atoms with E-state index in [0.29, 0.717) is 5.92 Å². The molecule has 1 heterocycles. The quantitative estimate of drug-likeness (QED) is 0.799. The Hall–Kier alpha value is -0.570. The van der Waals surface area contributed by atoms with Crippen molar-refractivity contribution in [3.05, 3.63) is 0 Å². The summed E-state index contributed by atoms with van der Waals surface area (Å²) < 4.78 is 0. The number of piperidine rings is 1.